The first kappa shape index (κ1) is 8.55. The molecule has 2 N–H and O–H groups in total. The fraction of sp³-hybridized carbons (Fsp3) is 0.125. The molecule has 4 heteroatoms. The normalized spacial score (nSPS) is 9.08. The molecule has 0 saturated carbocycles. The summed E-state index contributed by atoms with van der Waals surface area (Å²) in [7, 11) is 0. The summed E-state index contributed by atoms with van der Waals surface area (Å²) in [5.41, 5.74) is 0.635. The van der Waals surface area contributed by atoms with Gasteiger partial charge in [-0.15, -0.1) is 0 Å². The summed E-state index contributed by atoms with van der Waals surface area (Å²) < 4.78 is 4.25. The lowest BCUT2D eigenvalue weighted by Gasteiger charge is -2.02. The molecular weight excluding hydrogens is 158 g/mol. The molecule has 1 amide bonds. The van der Waals surface area contributed by atoms with Gasteiger partial charge in [0.15, 0.2) is 6.79 Å². The Kier molecular flexibility index (Phi) is 3.10. The smallest absolute Gasteiger partial charge is 0.413 e. The van der Waals surface area contributed by atoms with Crippen molar-refractivity contribution in [3.05, 3.63) is 30.3 Å². The summed E-state index contributed by atoms with van der Waals surface area (Å²) >= 11 is 0. The quantitative estimate of drug-likeness (QED) is 0.650. The number of aliphatic hydroxyl groups is 1. The number of para-hydroxylation sites is 1. The average Bonchev–Trinajstić information content (AvgIpc) is 2.06. The maximum atomic E-state index is 10.7. The summed E-state index contributed by atoms with van der Waals surface area (Å²) in [6, 6.07) is 8.85. The summed E-state index contributed by atoms with van der Waals surface area (Å²) in [6.07, 6.45) is -0.663. The van der Waals surface area contributed by atoms with E-state index in [4.69, 9.17) is 5.11 Å². The molecule has 0 aliphatic carbocycles. The second-order valence-electron chi connectivity index (χ2n) is 2.05. The van der Waals surface area contributed by atoms with Crippen LogP contribution in [-0.4, -0.2) is 18.0 Å². The predicted octanol–water partition coefficient (Wildman–Crippen LogP) is 1.18. The SMILES string of the molecule is O=C(Nc1ccccc1)OCO. The number of amides is 1. The minimum atomic E-state index is -0.663. The van der Waals surface area contributed by atoms with Crippen LogP contribution in [-0.2, 0) is 4.74 Å². The number of anilines is 1. The van der Waals surface area contributed by atoms with E-state index in [9.17, 15) is 4.79 Å². The Hall–Kier alpha value is -1.55. The van der Waals surface area contributed by atoms with Gasteiger partial charge in [-0.3, -0.25) is 5.32 Å². The molecule has 0 bridgehead atoms. The summed E-state index contributed by atoms with van der Waals surface area (Å²) in [6.45, 7) is -0.612. The van der Waals surface area contributed by atoms with E-state index in [1.807, 2.05) is 6.07 Å². The van der Waals surface area contributed by atoms with E-state index < -0.39 is 12.9 Å². The minimum absolute atomic E-state index is 0.612. The number of rotatable bonds is 2. The average molecular weight is 167 g/mol. The molecule has 1 rings (SSSR count). The van der Waals surface area contributed by atoms with E-state index in [1.165, 1.54) is 0 Å². The van der Waals surface area contributed by atoms with Gasteiger partial charge in [0.25, 0.3) is 0 Å². The molecule has 0 spiro atoms. The van der Waals surface area contributed by atoms with Gasteiger partial charge in [0.05, 0.1) is 0 Å². The number of hydrogen-bond donors (Lipinski definition) is 2. The van der Waals surface area contributed by atoms with Crippen molar-refractivity contribution >= 4 is 11.8 Å². The highest BCUT2D eigenvalue weighted by Gasteiger charge is 1.99. The summed E-state index contributed by atoms with van der Waals surface area (Å²) in [5, 5.41) is 10.7. The highest BCUT2D eigenvalue weighted by Crippen LogP contribution is 2.04. The highest BCUT2D eigenvalue weighted by atomic mass is 16.6. The lowest BCUT2D eigenvalue weighted by Crippen LogP contribution is -2.13. The van der Waals surface area contributed by atoms with E-state index in [1.54, 1.807) is 24.3 Å². The number of aliphatic hydroxyl groups excluding tert-OH is 1. The molecule has 0 heterocycles. The Morgan fingerprint density at radius 2 is 2.08 bits per heavy atom. The number of benzene rings is 1. The van der Waals surface area contributed by atoms with Gasteiger partial charge in [-0.1, -0.05) is 18.2 Å². The van der Waals surface area contributed by atoms with Crippen molar-refractivity contribution in [2.24, 2.45) is 0 Å². The molecule has 0 unspecified atom stereocenters. The van der Waals surface area contributed by atoms with Gasteiger partial charge in [0.2, 0.25) is 0 Å². The largest absolute Gasteiger partial charge is 0.422 e. The van der Waals surface area contributed by atoms with Gasteiger partial charge in [-0.2, -0.15) is 0 Å². The maximum absolute atomic E-state index is 10.7. The van der Waals surface area contributed by atoms with Gasteiger partial charge in [-0.05, 0) is 12.1 Å². The Bertz CT molecular complexity index is 248. The number of carbonyl (C=O) groups excluding carboxylic acids is 1. The van der Waals surface area contributed by atoms with Crippen LogP contribution in [0.5, 0.6) is 0 Å². The van der Waals surface area contributed by atoms with Crippen molar-refractivity contribution in [3.8, 4) is 0 Å². The zero-order valence-electron chi connectivity index (χ0n) is 6.36. The lowest BCUT2D eigenvalue weighted by molar-refractivity contribution is 0.0528. The first-order valence-electron chi connectivity index (χ1n) is 3.42. The predicted molar refractivity (Wildman–Crippen MR) is 43.6 cm³/mol. The standard InChI is InChI=1S/C8H9NO3/c10-6-12-8(11)9-7-4-2-1-3-5-7/h1-5,10H,6H2,(H,9,11). The van der Waals surface area contributed by atoms with Gasteiger partial charge in [0, 0.05) is 5.69 Å². The highest BCUT2D eigenvalue weighted by molar-refractivity contribution is 5.84. The van der Waals surface area contributed by atoms with Crippen molar-refractivity contribution in [2.45, 2.75) is 0 Å². The summed E-state index contributed by atoms with van der Waals surface area (Å²) in [4.78, 5) is 10.7. The van der Waals surface area contributed by atoms with Crippen molar-refractivity contribution in [2.75, 3.05) is 12.1 Å². The van der Waals surface area contributed by atoms with Crippen LogP contribution in [0.25, 0.3) is 0 Å². The fourth-order valence-electron chi connectivity index (χ4n) is 0.734. The molecule has 0 aliphatic rings. The molecule has 0 aromatic heterocycles. The molecule has 1 aromatic carbocycles. The van der Waals surface area contributed by atoms with E-state index in [0.29, 0.717) is 5.69 Å². The third kappa shape index (κ3) is 2.59. The van der Waals surface area contributed by atoms with Gasteiger partial charge < -0.3 is 9.84 Å². The third-order valence-electron chi connectivity index (χ3n) is 1.22. The Labute approximate surface area is 69.8 Å². The second-order valence-corrected chi connectivity index (χ2v) is 2.05. The Morgan fingerprint density at radius 1 is 1.42 bits per heavy atom. The van der Waals surface area contributed by atoms with Crippen LogP contribution >= 0.6 is 0 Å². The molecular formula is C8H9NO3. The van der Waals surface area contributed by atoms with Gasteiger partial charge in [-0.25, -0.2) is 4.79 Å². The summed E-state index contributed by atoms with van der Waals surface area (Å²) in [5.74, 6) is 0. The molecule has 0 saturated heterocycles. The number of nitrogens with one attached hydrogen (secondary N) is 1. The maximum Gasteiger partial charge on any atom is 0.413 e. The number of hydrogen-bond acceptors (Lipinski definition) is 3. The van der Waals surface area contributed by atoms with Crippen LogP contribution in [0, 0.1) is 0 Å². The van der Waals surface area contributed by atoms with E-state index in [2.05, 4.69) is 10.1 Å². The zero-order valence-corrected chi connectivity index (χ0v) is 6.36. The molecule has 0 aliphatic heterocycles. The van der Waals surface area contributed by atoms with E-state index in [-0.39, 0.29) is 0 Å². The molecule has 0 fully saturated rings. The van der Waals surface area contributed by atoms with Crippen LogP contribution in [0.4, 0.5) is 10.5 Å². The second kappa shape index (κ2) is 4.35. The van der Waals surface area contributed by atoms with Crippen LogP contribution in [0.1, 0.15) is 0 Å². The lowest BCUT2D eigenvalue weighted by atomic mass is 10.3. The van der Waals surface area contributed by atoms with E-state index in [0.717, 1.165) is 0 Å². The first-order valence-corrected chi connectivity index (χ1v) is 3.42. The van der Waals surface area contributed by atoms with Crippen molar-refractivity contribution in [1.82, 2.24) is 0 Å². The van der Waals surface area contributed by atoms with Gasteiger partial charge in [0.1, 0.15) is 0 Å². The van der Waals surface area contributed by atoms with Crippen molar-refractivity contribution < 1.29 is 14.6 Å². The monoisotopic (exact) mass is 167 g/mol. The minimum Gasteiger partial charge on any atom is -0.422 e. The number of carbonyl (C=O) groups is 1. The molecule has 1 aromatic rings. The zero-order chi connectivity index (χ0) is 8.81. The molecule has 4 nitrogen and oxygen atoms in total. The van der Waals surface area contributed by atoms with Crippen LogP contribution in [0.15, 0.2) is 30.3 Å². The third-order valence-corrected chi connectivity index (χ3v) is 1.22. The van der Waals surface area contributed by atoms with Gasteiger partial charge >= 0.3 is 6.09 Å². The fourth-order valence-corrected chi connectivity index (χ4v) is 0.734. The van der Waals surface area contributed by atoms with Crippen LogP contribution < -0.4 is 5.32 Å². The van der Waals surface area contributed by atoms with Crippen molar-refractivity contribution in [3.63, 3.8) is 0 Å². The van der Waals surface area contributed by atoms with Crippen LogP contribution in [0.2, 0.25) is 0 Å². The first-order chi connectivity index (χ1) is 5.83. The van der Waals surface area contributed by atoms with E-state index >= 15 is 0 Å². The Balaban J connectivity index is 2.47. The Morgan fingerprint density at radius 3 is 2.67 bits per heavy atom. The topological polar surface area (TPSA) is 58.6 Å². The molecule has 64 valence electrons. The van der Waals surface area contributed by atoms with Crippen molar-refractivity contribution in [1.29, 1.82) is 0 Å². The molecule has 12 heavy (non-hydrogen) atoms. The molecule has 0 atom stereocenters. The number of ether oxygens (including phenoxy) is 1. The molecule has 0 radical (unpaired) electrons. The van der Waals surface area contributed by atoms with Crippen LogP contribution in [0.3, 0.4) is 0 Å².